The summed E-state index contributed by atoms with van der Waals surface area (Å²) in [5, 5.41) is 3.47. The first-order valence-electron chi connectivity index (χ1n) is 7.23. The summed E-state index contributed by atoms with van der Waals surface area (Å²) in [5.41, 5.74) is 0. The van der Waals surface area contributed by atoms with Gasteiger partial charge in [0.2, 0.25) is 0 Å². The Morgan fingerprint density at radius 3 is 2.74 bits per heavy atom. The van der Waals surface area contributed by atoms with Crippen molar-refractivity contribution in [2.45, 2.75) is 51.9 Å². The minimum absolute atomic E-state index is 0.551. The Hall–Kier alpha value is -0.420. The van der Waals surface area contributed by atoms with Crippen LogP contribution in [0.3, 0.4) is 0 Å². The molecule has 0 unspecified atom stereocenters. The first-order chi connectivity index (χ1) is 9.19. The number of thiophene rings is 1. The van der Waals surface area contributed by atoms with E-state index in [0.717, 1.165) is 32.3 Å². The summed E-state index contributed by atoms with van der Waals surface area (Å²) >= 11 is 1.94. The first kappa shape index (κ1) is 15.0. The van der Waals surface area contributed by atoms with Gasteiger partial charge < -0.3 is 10.1 Å². The van der Waals surface area contributed by atoms with Crippen LogP contribution < -0.4 is 5.32 Å². The quantitative estimate of drug-likeness (QED) is 0.754. The van der Waals surface area contributed by atoms with Crippen molar-refractivity contribution in [3.8, 4) is 0 Å². The molecule has 0 radical (unpaired) electrons. The molecule has 3 nitrogen and oxygen atoms in total. The molecule has 108 valence electrons. The van der Waals surface area contributed by atoms with Gasteiger partial charge in [0.05, 0.1) is 6.61 Å². The number of nitrogens with zero attached hydrogens (tertiary/aromatic N) is 1. The monoisotopic (exact) mass is 282 g/mol. The highest BCUT2D eigenvalue weighted by atomic mass is 32.1. The van der Waals surface area contributed by atoms with E-state index in [2.05, 4.69) is 36.2 Å². The maximum absolute atomic E-state index is 5.21. The molecule has 4 heteroatoms. The lowest BCUT2D eigenvalue weighted by atomic mass is 10.3. The molecule has 1 saturated carbocycles. The molecule has 1 aromatic heterocycles. The highest BCUT2D eigenvalue weighted by Crippen LogP contribution is 2.29. The van der Waals surface area contributed by atoms with E-state index in [1.807, 2.05) is 11.3 Å². The molecule has 1 N–H and O–H groups in total. The molecule has 1 aliphatic rings. The number of methoxy groups -OCH3 is 1. The Labute approximate surface area is 121 Å². The molecule has 0 spiro atoms. The van der Waals surface area contributed by atoms with Crippen LogP contribution in [0.4, 0.5) is 0 Å². The third-order valence-corrected chi connectivity index (χ3v) is 4.48. The fourth-order valence-electron chi connectivity index (χ4n) is 2.15. The third kappa shape index (κ3) is 5.22. The SMILES string of the molecule is COCCN(Cc1ccc(CNC(C)C)s1)C1CC1. The molecule has 19 heavy (non-hydrogen) atoms. The van der Waals surface area contributed by atoms with E-state index in [1.54, 1.807) is 7.11 Å². The molecule has 1 aromatic rings. The van der Waals surface area contributed by atoms with Crippen LogP contribution >= 0.6 is 11.3 Å². The molecule has 1 heterocycles. The minimum atomic E-state index is 0.551. The minimum Gasteiger partial charge on any atom is -0.383 e. The lowest BCUT2D eigenvalue weighted by Crippen LogP contribution is -2.28. The Morgan fingerprint density at radius 1 is 1.37 bits per heavy atom. The van der Waals surface area contributed by atoms with Gasteiger partial charge in [-0.3, -0.25) is 4.90 Å². The van der Waals surface area contributed by atoms with Crippen LogP contribution in [0.5, 0.6) is 0 Å². The van der Waals surface area contributed by atoms with Crippen LogP contribution in [0, 0.1) is 0 Å². The van der Waals surface area contributed by atoms with Crippen molar-refractivity contribution >= 4 is 11.3 Å². The summed E-state index contributed by atoms with van der Waals surface area (Å²) < 4.78 is 5.21. The molecular formula is C15H26N2OS. The van der Waals surface area contributed by atoms with Gasteiger partial charge in [0, 0.05) is 48.6 Å². The highest BCUT2D eigenvalue weighted by Gasteiger charge is 2.28. The normalized spacial score (nSPS) is 15.6. The van der Waals surface area contributed by atoms with E-state index >= 15 is 0 Å². The van der Waals surface area contributed by atoms with Crippen LogP contribution in [0.15, 0.2) is 12.1 Å². The maximum atomic E-state index is 5.21. The first-order valence-corrected chi connectivity index (χ1v) is 8.04. The largest absolute Gasteiger partial charge is 0.383 e. The lowest BCUT2D eigenvalue weighted by molar-refractivity contribution is 0.140. The van der Waals surface area contributed by atoms with E-state index in [1.165, 1.54) is 22.6 Å². The molecule has 1 fully saturated rings. The number of hydrogen-bond acceptors (Lipinski definition) is 4. The molecule has 0 aromatic carbocycles. The fourth-order valence-corrected chi connectivity index (χ4v) is 3.14. The van der Waals surface area contributed by atoms with Crippen molar-refractivity contribution in [2.75, 3.05) is 20.3 Å². The second kappa shape index (κ2) is 7.39. The highest BCUT2D eigenvalue weighted by molar-refractivity contribution is 7.11. The molecule has 0 aliphatic heterocycles. The summed E-state index contributed by atoms with van der Waals surface area (Å²) in [6.07, 6.45) is 2.72. The number of hydrogen-bond donors (Lipinski definition) is 1. The Bertz CT molecular complexity index is 374. The average Bonchev–Trinajstić information content (AvgIpc) is 3.13. The van der Waals surface area contributed by atoms with Gasteiger partial charge in [-0.2, -0.15) is 0 Å². The maximum Gasteiger partial charge on any atom is 0.0589 e. The number of nitrogens with one attached hydrogen (secondary N) is 1. The zero-order chi connectivity index (χ0) is 13.7. The van der Waals surface area contributed by atoms with E-state index in [9.17, 15) is 0 Å². The molecule has 0 amide bonds. The summed E-state index contributed by atoms with van der Waals surface area (Å²) in [6.45, 7) is 8.34. The standard InChI is InChI=1S/C15H26N2OS/c1-12(2)16-10-14-6-7-15(19-14)11-17(8-9-18-3)13-4-5-13/h6-7,12-13,16H,4-5,8-11H2,1-3H3. The van der Waals surface area contributed by atoms with Gasteiger partial charge >= 0.3 is 0 Å². The van der Waals surface area contributed by atoms with Crippen molar-refractivity contribution in [1.29, 1.82) is 0 Å². The van der Waals surface area contributed by atoms with Crippen molar-refractivity contribution < 1.29 is 4.74 Å². The fraction of sp³-hybridized carbons (Fsp3) is 0.733. The summed E-state index contributed by atoms with van der Waals surface area (Å²) in [6, 6.07) is 5.89. The van der Waals surface area contributed by atoms with Gasteiger partial charge in [0.15, 0.2) is 0 Å². The smallest absolute Gasteiger partial charge is 0.0589 e. The van der Waals surface area contributed by atoms with Crippen molar-refractivity contribution in [1.82, 2.24) is 10.2 Å². The van der Waals surface area contributed by atoms with E-state index in [4.69, 9.17) is 4.74 Å². The second-order valence-corrected chi connectivity index (χ2v) is 6.85. The zero-order valence-corrected chi connectivity index (χ0v) is 13.1. The molecule has 1 aliphatic carbocycles. The van der Waals surface area contributed by atoms with Crippen molar-refractivity contribution in [2.24, 2.45) is 0 Å². The van der Waals surface area contributed by atoms with Crippen LogP contribution in [-0.2, 0) is 17.8 Å². The van der Waals surface area contributed by atoms with Crippen molar-refractivity contribution in [3.05, 3.63) is 21.9 Å². The van der Waals surface area contributed by atoms with Gasteiger partial charge in [0.25, 0.3) is 0 Å². The Balaban J connectivity index is 1.83. The van der Waals surface area contributed by atoms with Crippen molar-refractivity contribution in [3.63, 3.8) is 0 Å². The van der Waals surface area contributed by atoms with Gasteiger partial charge in [-0.15, -0.1) is 11.3 Å². The summed E-state index contributed by atoms with van der Waals surface area (Å²) in [7, 11) is 1.78. The predicted octanol–water partition coefficient (Wildman–Crippen LogP) is 2.86. The van der Waals surface area contributed by atoms with Crippen LogP contribution in [0.25, 0.3) is 0 Å². The summed E-state index contributed by atoms with van der Waals surface area (Å²) in [4.78, 5) is 5.48. The topological polar surface area (TPSA) is 24.5 Å². The predicted molar refractivity (Wildman–Crippen MR) is 81.6 cm³/mol. The Morgan fingerprint density at radius 2 is 2.11 bits per heavy atom. The second-order valence-electron chi connectivity index (χ2n) is 5.60. The number of ether oxygens (including phenoxy) is 1. The van der Waals surface area contributed by atoms with Gasteiger partial charge in [-0.05, 0) is 25.0 Å². The van der Waals surface area contributed by atoms with Gasteiger partial charge in [0.1, 0.15) is 0 Å². The zero-order valence-electron chi connectivity index (χ0n) is 12.3. The molecular weight excluding hydrogens is 256 g/mol. The van der Waals surface area contributed by atoms with Gasteiger partial charge in [-0.1, -0.05) is 13.8 Å². The Kier molecular flexibility index (Phi) is 5.82. The summed E-state index contributed by atoms with van der Waals surface area (Å²) in [5.74, 6) is 0. The van der Waals surface area contributed by atoms with E-state index in [0.29, 0.717) is 6.04 Å². The average molecular weight is 282 g/mol. The molecule has 2 rings (SSSR count). The van der Waals surface area contributed by atoms with E-state index < -0.39 is 0 Å². The van der Waals surface area contributed by atoms with Gasteiger partial charge in [-0.25, -0.2) is 0 Å². The molecule has 0 atom stereocenters. The lowest BCUT2D eigenvalue weighted by Gasteiger charge is -2.20. The number of rotatable bonds is 9. The molecule has 0 saturated heterocycles. The van der Waals surface area contributed by atoms with E-state index in [-0.39, 0.29) is 0 Å². The molecule has 0 bridgehead atoms. The van der Waals surface area contributed by atoms with Crippen LogP contribution in [-0.4, -0.2) is 37.2 Å². The van der Waals surface area contributed by atoms with Crippen LogP contribution in [0.2, 0.25) is 0 Å². The third-order valence-electron chi connectivity index (χ3n) is 3.41. The van der Waals surface area contributed by atoms with Crippen LogP contribution in [0.1, 0.15) is 36.4 Å².